The molecule has 0 spiro atoms. The fourth-order valence-electron chi connectivity index (χ4n) is 1.47. The lowest BCUT2D eigenvalue weighted by molar-refractivity contribution is -0.133. The van der Waals surface area contributed by atoms with Crippen molar-refractivity contribution in [2.45, 2.75) is 6.10 Å². The Labute approximate surface area is 104 Å². The van der Waals surface area contributed by atoms with Gasteiger partial charge in [0.15, 0.2) is 0 Å². The minimum Gasteiger partial charge on any atom is -0.362 e. The largest absolute Gasteiger partial charge is 0.362 e. The molecule has 1 saturated heterocycles. The van der Waals surface area contributed by atoms with Crippen molar-refractivity contribution in [3.63, 3.8) is 0 Å². The summed E-state index contributed by atoms with van der Waals surface area (Å²) >= 11 is 6.84. The summed E-state index contributed by atoms with van der Waals surface area (Å²) in [5.41, 5.74) is 1.05. The summed E-state index contributed by atoms with van der Waals surface area (Å²) in [6.45, 7) is 0.663. The van der Waals surface area contributed by atoms with Crippen molar-refractivity contribution < 1.29 is 9.53 Å². The van der Waals surface area contributed by atoms with Crippen LogP contribution in [0, 0.1) is 0 Å². The average molecular weight is 335 g/mol. The molecule has 1 fully saturated rings. The van der Waals surface area contributed by atoms with Crippen LogP contribution in [0.15, 0.2) is 27.1 Å². The summed E-state index contributed by atoms with van der Waals surface area (Å²) in [5.74, 6) is -0.0553. The summed E-state index contributed by atoms with van der Waals surface area (Å²) in [5, 5.41) is 2.77. The van der Waals surface area contributed by atoms with Crippen molar-refractivity contribution in [1.29, 1.82) is 0 Å². The van der Waals surface area contributed by atoms with Gasteiger partial charge in [0.2, 0.25) is 5.91 Å². The Balaban J connectivity index is 2.18. The smallest absolute Gasteiger partial charge is 0.246 e. The molecule has 1 aliphatic rings. The lowest BCUT2D eigenvalue weighted by Gasteiger charge is -2.23. The summed E-state index contributed by atoms with van der Waals surface area (Å²) in [7, 11) is 0. The lowest BCUT2D eigenvalue weighted by Crippen LogP contribution is -2.38. The molecule has 1 unspecified atom stereocenters. The predicted octanol–water partition coefficient (Wildman–Crippen LogP) is 2.40. The van der Waals surface area contributed by atoms with E-state index in [1.54, 1.807) is 0 Å². The molecule has 1 aliphatic heterocycles. The van der Waals surface area contributed by atoms with Gasteiger partial charge < -0.3 is 10.1 Å². The van der Waals surface area contributed by atoms with Gasteiger partial charge in [-0.1, -0.05) is 31.9 Å². The molecule has 80 valence electrons. The second-order valence-electron chi connectivity index (χ2n) is 3.31. The van der Waals surface area contributed by atoms with E-state index < -0.39 is 0 Å². The fourth-order valence-corrected chi connectivity index (χ4v) is 2.80. The van der Waals surface area contributed by atoms with Crippen molar-refractivity contribution in [3.05, 3.63) is 32.7 Å². The number of carbonyl (C=O) groups excluding carboxylic acids is 1. The van der Waals surface area contributed by atoms with Crippen molar-refractivity contribution in [2.75, 3.05) is 13.2 Å². The maximum Gasteiger partial charge on any atom is 0.246 e. The van der Waals surface area contributed by atoms with Crippen LogP contribution in [0.3, 0.4) is 0 Å². The van der Waals surface area contributed by atoms with Crippen LogP contribution in [-0.4, -0.2) is 19.1 Å². The zero-order chi connectivity index (χ0) is 10.8. The monoisotopic (exact) mass is 333 g/mol. The van der Waals surface area contributed by atoms with Gasteiger partial charge in [0.25, 0.3) is 0 Å². The van der Waals surface area contributed by atoms with Gasteiger partial charge in [-0.3, -0.25) is 4.79 Å². The average Bonchev–Trinajstić information content (AvgIpc) is 2.17. The molecule has 1 N–H and O–H groups in total. The lowest BCUT2D eigenvalue weighted by atomic mass is 10.1. The Bertz CT molecular complexity index is 365. The molecule has 1 aromatic carbocycles. The number of ether oxygens (including phenoxy) is 1. The highest BCUT2D eigenvalue weighted by Gasteiger charge is 2.20. The second-order valence-corrected chi connectivity index (χ2v) is 5.14. The predicted molar refractivity (Wildman–Crippen MR) is 63.5 cm³/mol. The van der Waals surface area contributed by atoms with Crippen LogP contribution in [0.25, 0.3) is 0 Å². The molecule has 0 radical (unpaired) electrons. The number of nitrogens with one attached hydrogen (secondary N) is 1. The van der Waals surface area contributed by atoms with Crippen molar-refractivity contribution in [2.24, 2.45) is 0 Å². The zero-order valence-electron chi connectivity index (χ0n) is 7.80. The van der Waals surface area contributed by atoms with Crippen LogP contribution in [0.5, 0.6) is 0 Å². The van der Waals surface area contributed by atoms with Gasteiger partial charge in [-0.15, -0.1) is 0 Å². The minimum absolute atomic E-state index is 0.0553. The van der Waals surface area contributed by atoms with Gasteiger partial charge in [-0.05, 0) is 23.8 Å². The normalized spacial score (nSPS) is 21.2. The Morgan fingerprint density at radius 1 is 1.27 bits per heavy atom. The number of hydrogen-bond acceptors (Lipinski definition) is 2. The molecule has 1 atom stereocenters. The summed E-state index contributed by atoms with van der Waals surface area (Å²) in [4.78, 5) is 10.9. The summed E-state index contributed by atoms with van der Waals surface area (Å²) in [6, 6.07) is 5.95. The Kier molecular flexibility index (Phi) is 3.43. The molecule has 1 aromatic rings. The van der Waals surface area contributed by atoms with E-state index in [9.17, 15) is 4.79 Å². The van der Waals surface area contributed by atoms with Gasteiger partial charge in [-0.25, -0.2) is 0 Å². The highest BCUT2D eigenvalue weighted by Crippen LogP contribution is 2.26. The van der Waals surface area contributed by atoms with E-state index in [1.165, 1.54) is 0 Å². The molecule has 0 saturated carbocycles. The standard InChI is InChI=1S/C10H9Br2NO2/c11-7-1-6(2-8(12)3-7)9-4-13-10(14)5-15-9/h1-3,9H,4-5H2,(H,13,14). The molecule has 1 heterocycles. The first kappa shape index (κ1) is 11.1. The number of benzene rings is 1. The summed E-state index contributed by atoms with van der Waals surface area (Å²) in [6.07, 6.45) is -0.0588. The quantitative estimate of drug-likeness (QED) is 0.856. The van der Waals surface area contributed by atoms with E-state index in [1.807, 2.05) is 18.2 Å². The maximum atomic E-state index is 10.9. The fraction of sp³-hybridized carbons (Fsp3) is 0.300. The third kappa shape index (κ3) is 2.80. The van der Waals surface area contributed by atoms with Gasteiger partial charge in [-0.2, -0.15) is 0 Å². The van der Waals surface area contributed by atoms with E-state index in [0.717, 1.165) is 14.5 Å². The zero-order valence-corrected chi connectivity index (χ0v) is 11.0. The van der Waals surface area contributed by atoms with Gasteiger partial charge >= 0.3 is 0 Å². The molecule has 0 bridgehead atoms. The first-order valence-electron chi connectivity index (χ1n) is 4.49. The SMILES string of the molecule is O=C1COC(c2cc(Br)cc(Br)c2)CN1. The third-order valence-electron chi connectivity index (χ3n) is 2.16. The van der Waals surface area contributed by atoms with Crippen LogP contribution in [0.4, 0.5) is 0 Å². The number of morpholine rings is 1. The van der Waals surface area contributed by atoms with Crippen LogP contribution >= 0.6 is 31.9 Å². The highest BCUT2D eigenvalue weighted by atomic mass is 79.9. The number of halogens is 2. The third-order valence-corrected chi connectivity index (χ3v) is 3.07. The Morgan fingerprint density at radius 2 is 1.93 bits per heavy atom. The van der Waals surface area contributed by atoms with Gasteiger partial charge in [0.1, 0.15) is 12.7 Å². The number of rotatable bonds is 1. The molecule has 2 rings (SSSR count). The molecule has 1 amide bonds. The molecular formula is C10H9Br2NO2. The molecule has 0 aromatic heterocycles. The van der Waals surface area contributed by atoms with Crippen LogP contribution in [0.2, 0.25) is 0 Å². The highest BCUT2D eigenvalue weighted by molar-refractivity contribution is 9.11. The van der Waals surface area contributed by atoms with Crippen LogP contribution in [-0.2, 0) is 9.53 Å². The van der Waals surface area contributed by atoms with E-state index >= 15 is 0 Å². The first-order valence-corrected chi connectivity index (χ1v) is 6.08. The number of amides is 1. The maximum absolute atomic E-state index is 10.9. The minimum atomic E-state index is -0.0588. The topological polar surface area (TPSA) is 38.3 Å². The molecule has 15 heavy (non-hydrogen) atoms. The number of hydrogen-bond donors (Lipinski definition) is 1. The summed E-state index contributed by atoms with van der Waals surface area (Å²) < 4.78 is 7.42. The molecule has 3 nitrogen and oxygen atoms in total. The van der Waals surface area contributed by atoms with Crippen molar-refractivity contribution >= 4 is 37.8 Å². The van der Waals surface area contributed by atoms with E-state index in [0.29, 0.717) is 6.54 Å². The van der Waals surface area contributed by atoms with Gasteiger partial charge in [0.05, 0.1) is 0 Å². The van der Waals surface area contributed by atoms with Crippen molar-refractivity contribution in [3.8, 4) is 0 Å². The van der Waals surface area contributed by atoms with Gasteiger partial charge in [0, 0.05) is 15.5 Å². The molecular weight excluding hydrogens is 326 g/mol. The molecule has 0 aliphatic carbocycles. The Hall–Kier alpha value is -0.390. The van der Waals surface area contributed by atoms with Crippen molar-refractivity contribution in [1.82, 2.24) is 5.32 Å². The van der Waals surface area contributed by atoms with E-state index in [4.69, 9.17) is 4.74 Å². The number of carbonyl (C=O) groups is 1. The van der Waals surface area contributed by atoms with Crippen LogP contribution < -0.4 is 5.32 Å². The van der Waals surface area contributed by atoms with E-state index in [2.05, 4.69) is 37.2 Å². The first-order chi connectivity index (χ1) is 7.15. The molecule has 5 heteroatoms. The van der Waals surface area contributed by atoms with E-state index in [-0.39, 0.29) is 18.6 Å². The van der Waals surface area contributed by atoms with Crippen LogP contribution in [0.1, 0.15) is 11.7 Å². The Morgan fingerprint density at radius 3 is 2.47 bits per heavy atom. The second kappa shape index (κ2) is 4.63.